The van der Waals surface area contributed by atoms with Crippen molar-refractivity contribution in [1.82, 2.24) is 5.32 Å². The van der Waals surface area contributed by atoms with E-state index in [1.165, 1.54) is 12.2 Å². The highest BCUT2D eigenvalue weighted by atomic mass is 32.2. The third-order valence-electron chi connectivity index (χ3n) is 4.86. The molecule has 0 amide bonds. The lowest BCUT2D eigenvalue weighted by Gasteiger charge is -2.21. The van der Waals surface area contributed by atoms with Gasteiger partial charge in [-0.2, -0.15) is 16.8 Å². The molecule has 0 saturated carbocycles. The molecular weight excluding hydrogens is 494 g/mol. The van der Waals surface area contributed by atoms with Crippen LogP contribution in [0.2, 0.25) is 0 Å². The first-order chi connectivity index (χ1) is 16.7. The lowest BCUT2D eigenvalue weighted by Crippen LogP contribution is -2.34. The van der Waals surface area contributed by atoms with E-state index < -0.39 is 20.2 Å². The van der Waals surface area contributed by atoms with Crippen LogP contribution in [0.15, 0.2) is 59.3 Å². The molecule has 1 fully saturated rings. The van der Waals surface area contributed by atoms with E-state index in [1.807, 2.05) is 0 Å². The Morgan fingerprint density at radius 1 is 0.714 bits per heavy atom. The van der Waals surface area contributed by atoms with E-state index in [0.717, 1.165) is 10.8 Å². The van der Waals surface area contributed by atoms with E-state index in [1.54, 1.807) is 62.4 Å². The first kappa shape index (κ1) is 26.9. The summed E-state index contributed by atoms with van der Waals surface area (Å²) in [6.45, 7) is 4.59. The molecule has 0 bridgehead atoms. The molecule has 3 rings (SSSR count). The van der Waals surface area contributed by atoms with E-state index >= 15 is 0 Å². The van der Waals surface area contributed by atoms with E-state index in [0.29, 0.717) is 35.7 Å². The lowest BCUT2D eigenvalue weighted by atomic mass is 10.2. The maximum Gasteiger partial charge on any atom is 0.290 e. The minimum absolute atomic E-state index is 0.0815. The maximum absolute atomic E-state index is 11.6. The van der Waals surface area contributed by atoms with Crippen molar-refractivity contribution in [2.45, 2.75) is 26.1 Å². The predicted octanol–water partition coefficient (Wildman–Crippen LogP) is 3.16. The molecule has 0 unspecified atom stereocenters. The molecule has 0 aliphatic carbocycles. The van der Waals surface area contributed by atoms with Crippen LogP contribution in [0.4, 0.5) is 0 Å². The lowest BCUT2D eigenvalue weighted by molar-refractivity contribution is 0.0913. The largest absolute Gasteiger partial charge is 0.485 e. The highest BCUT2D eigenvalue weighted by Crippen LogP contribution is 2.22. The Morgan fingerprint density at radius 2 is 1.09 bits per heavy atom. The Hall–Kier alpha value is -2.70. The van der Waals surface area contributed by atoms with Crippen molar-refractivity contribution in [3.8, 4) is 11.5 Å². The second-order valence-corrected chi connectivity index (χ2v) is 10.5. The summed E-state index contributed by atoms with van der Waals surface area (Å²) >= 11 is 0. The number of rotatable bonds is 12. The summed E-state index contributed by atoms with van der Waals surface area (Å²) in [5.74, 6) is 1.27. The normalized spacial score (nSPS) is 18.9. The van der Waals surface area contributed by atoms with Gasteiger partial charge in [0.05, 0.1) is 24.0 Å². The minimum atomic E-state index is -3.68. The SMILES string of the molecule is CCOS(=O)(=O)/C=C/c1ccc(O[C@H]2CNC[C@H]2Oc2ccc(/C=C/S(=O)(=O)OCC)cc2)cc1. The molecule has 35 heavy (non-hydrogen) atoms. The van der Waals surface area contributed by atoms with Crippen molar-refractivity contribution in [2.75, 3.05) is 26.3 Å². The quantitative estimate of drug-likeness (QED) is 0.419. The Morgan fingerprint density at radius 3 is 1.43 bits per heavy atom. The summed E-state index contributed by atoms with van der Waals surface area (Å²) in [5, 5.41) is 5.30. The van der Waals surface area contributed by atoms with Crippen LogP contribution in [0.1, 0.15) is 25.0 Å². The molecule has 1 N–H and O–H groups in total. The van der Waals surface area contributed by atoms with E-state index in [-0.39, 0.29) is 25.4 Å². The van der Waals surface area contributed by atoms with Crippen LogP contribution >= 0.6 is 0 Å². The van der Waals surface area contributed by atoms with Crippen molar-refractivity contribution < 1.29 is 34.7 Å². The van der Waals surface area contributed by atoms with Crippen LogP contribution in [-0.2, 0) is 28.6 Å². The third-order valence-corrected chi connectivity index (χ3v) is 6.93. The van der Waals surface area contributed by atoms with Crippen molar-refractivity contribution in [3.63, 3.8) is 0 Å². The first-order valence-electron chi connectivity index (χ1n) is 11.1. The standard InChI is InChI=1S/C24H29NO8S2/c1-3-30-34(26,27)15-13-19-5-9-21(10-6-19)32-23-17-25-18-24(23)33-22-11-7-20(8-12-22)14-16-35(28,29)31-4-2/h5-16,23-25H,3-4,17-18H2,1-2H3/b15-13+,16-14+/t23-,24+. The Balaban J connectivity index is 1.57. The molecule has 9 nitrogen and oxygen atoms in total. The van der Waals surface area contributed by atoms with Gasteiger partial charge >= 0.3 is 0 Å². The van der Waals surface area contributed by atoms with Gasteiger partial charge in [-0.05, 0) is 61.4 Å². The highest BCUT2D eigenvalue weighted by Gasteiger charge is 2.30. The van der Waals surface area contributed by atoms with Gasteiger partial charge in [0.2, 0.25) is 0 Å². The smallest absolute Gasteiger partial charge is 0.290 e. The number of ether oxygens (including phenoxy) is 2. The fraction of sp³-hybridized carbons (Fsp3) is 0.333. The fourth-order valence-electron chi connectivity index (χ4n) is 3.26. The second kappa shape index (κ2) is 12.3. The molecule has 1 aliphatic rings. The van der Waals surface area contributed by atoms with Crippen molar-refractivity contribution in [3.05, 3.63) is 70.5 Å². The topological polar surface area (TPSA) is 117 Å². The van der Waals surface area contributed by atoms with Gasteiger partial charge in [0, 0.05) is 13.1 Å². The zero-order valence-corrected chi connectivity index (χ0v) is 21.1. The van der Waals surface area contributed by atoms with Crippen LogP contribution < -0.4 is 14.8 Å². The number of benzene rings is 2. The number of hydrogen-bond donors (Lipinski definition) is 1. The van der Waals surface area contributed by atoms with E-state index in [9.17, 15) is 16.8 Å². The van der Waals surface area contributed by atoms with Crippen molar-refractivity contribution in [2.24, 2.45) is 0 Å². The number of hydrogen-bond acceptors (Lipinski definition) is 9. The zero-order valence-electron chi connectivity index (χ0n) is 19.5. The average molecular weight is 524 g/mol. The van der Waals surface area contributed by atoms with Crippen LogP contribution in [0.25, 0.3) is 12.2 Å². The summed E-state index contributed by atoms with van der Waals surface area (Å²) in [7, 11) is -7.37. The molecule has 1 aliphatic heterocycles. The van der Waals surface area contributed by atoms with Gasteiger partial charge in [-0.15, -0.1) is 0 Å². The summed E-state index contributed by atoms with van der Waals surface area (Å²) < 4.78 is 68.0. The Labute approximate surface area is 206 Å². The zero-order chi connectivity index (χ0) is 25.3. The summed E-state index contributed by atoms with van der Waals surface area (Å²) in [6, 6.07) is 14.1. The van der Waals surface area contributed by atoms with Gasteiger partial charge in [-0.25, -0.2) is 0 Å². The fourth-order valence-corrected chi connectivity index (χ4v) is 4.72. The van der Waals surface area contributed by atoms with Gasteiger partial charge in [0.25, 0.3) is 20.2 Å². The average Bonchev–Trinajstić information content (AvgIpc) is 3.24. The Bertz CT molecular complexity index is 1120. The van der Waals surface area contributed by atoms with Crippen LogP contribution in [0.5, 0.6) is 11.5 Å². The second-order valence-electron chi connectivity index (χ2n) is 7.51. The summed E-state index contributed by atoms with van der Waals surface area (Å²) in [6.07, 6.45) is 2.46. The molecule has 0 aromatic heterocycles. The van der Waals surface area contributed by atoms with Gasteiger partial charge in [0.15, 0.2) is 0 Å². The van der Waals surface area contributed by atoms with Crippen LogP contribution in [0, 0.1) is 0 Å². The van der Waals surface area contributed by atoms with Crippen LogP contribution in [-0.4, -0.2) is 55.3 Å². The van der Waals surface area contributed by atoms with Gasteiger partial charge in [-0.3, -0.25) is 8.37 Å². The van der Waals surface area contributed by atoms with E-state index in [2.05, 4.69) is 13.7 Å². The molecule has 0 spiro atoms. The molecule has 2 aromatic carbocycles. The van der Waals surface area contributed by atoms with E-state index in [4.69, 9.17) is 9.47 Å². The van der Waals surface area contributed by atoms with Gasteiger partial charge in [0.1, 0.15) is 23.7 Å². The van der Waals surface area contributed by atoms with Crippen LogP contribution in [0.3, 0.4) is 0 Å². The molecule has 190 valence electrons. The highest BCUT2D eigenvalue weighted by molar-refractivity contribution is 7.90. The summed E-state index contributed by atoms with van der Waals surface area (Å²) in [5.41, 5.74) is 1.39. The molecular formula is C24H29NO8S2. The molecule has 0 radical (unpaired) electrons. The molecule has 2 atom stereocenters. The minimum Gasteiger partial charge on any atom is -0.485 e. The molecule has 1 heterocycles. The van der Waals surface area contributed by atoms with Crippen molar-refractivity contribution in [1.29, 1.82) is 0 Å². The third kappa shape index (κ3) is 8.79. The van der Waals surface area contributed by atoms with Crippen molar-refractivity contribution >= 4 is 32.4 Å². The number of nitrogens with one attached hydrogen (secondary N) is 1. The first-order valence-corrected chi connectivity index (χ1v) is 14.0. The Kier molecular flexibility index (Phi) is 9.47. The molecule has 11 heteroatoms. The molecule has 2 aromatic rings. The predicted molar refractivity (Wildman–Crippen MR) is 134 cm³/mol. The maximum atomic E-state index is 11.6. The summed E-state index contributed by atoms with van der Waals surface area (Å²) in [4.78, 5) is 0. The van der Waals surface area contributed by atoms with Gasteiger partial charge in [-0.1, -0.05) is 24.3 Å². The van der Waals surface area contributed by atoms with Gasteiger partial charge < -0.3 is 14.8 Å². The molecule has 1 saturated heterocycles. The monoisotopic (exact) mass is 523 g/mol.